The van der Waals surface area contributed by atoms with Crippen molar-refractivity contribution < 1.29 is 15.0 Å². The predicted molar refractivity (Wildman–Crippen MR) is 61.2 cm³/mol. The number of nitrogens with two attached hydrogens (primary N) is 2. The minimum absolute atomic E-state index is 0.214. The summed E-state index contributed by atoms with van der Waals surface area (Å²) in [5.41, 5.74) is 12.9. The molecule has 2 fully saturated rings. The largest absolute Gasteiger partial charge is 0.503 e. The molecule has 5 heteroatoms. The lowest BCUT2D eigenvalue weighted by molar-refractivity contribution is 0.136. The number of rotatable bonds is 0. The van der Waals surface area contributed by atoms with Crippen molar-refractivity contribution in [1.29, 1.82) is 0 Å². The molecule has 0 aromatic rings. The van der Waals surface area contributed by atoms with Crippen LogP contribution in [-0.2, 0) is 0 Å². The number of fused-ring (bicyclic) bond motifs is 2. The lowest BCUT2D eigenvalue weighted by atomic mass is 9.69. The summed E-state index contributed by atoms with van der Waals surface area (Å²) >= 11 is 0. The summed E-state index contributed by atoms with van der Waals surface area (Å²) in [4.78, 5) is 8.56. The molecule has 2 bridgehead atoms. The van der Waals surface area contributed by atoms with E-state index >= 15 is 0 Å². The molecule has 2 aliphatic rings. The molecule has 0 spiro atoms. The lowest BCUT2D eigenvalue weighted by Gasteiger charge is -2.37. The van der Waals surface area contributed by atoms with Gasteiger partial charge in [-0.2, -0.15) is 0 Å². The summed E-state index contributed by atoms with van der Waals surface area (Å²) in [5, 5.41) is 13.9. The fourth-order valence-corrected chi connectivity index (χ4v) is 3.51. The third-order valence-electron chi connectivity index (χ3n) is 4.99. The van der Waals surface area contributed by atoms with Gasteiger partial charge in [0.25, 0.3) is 0 Å². The Balaban J connectivity index is 0.000000280. The van der Waals surface area contributed by atoms with Crippen molar-refractivity contribution in [3.8, 4) is 0 Å². The van der Waals surface area contributed by atoms with Gasteiger partial charge in [0, 0.05) is 12.1 Å². The van der Waals surface area contributed by atoms with E-state index in [-0.39, 0.29) is 17.5 Å². The van der Waals surface area contributed by atoms with E-state index in [9.17, 15) is 0 Å². The van der Waals surface area contributed by atoms with Gasteiger partial charge in [-0.1, -0.05) is 20.8 Å². The molecule has 4 unspecified atom stereocenters. The van der Waals surface area contributed by atoms with Gasteiger partial charge < -0.3 is 21.7 Å². The van der Waals surface area contributed by atoms with Crippen LogP contribution >= 0.6 is 0 Å². The maximum atomic E-state index is 8.56. The van der Waals surface area contributed by atoms with Gasteiger partial charge in [-0.25, -0.2) is 4.79 Å². The normalized spacial score (nSPS) is 43.7. The molecule has 0 aromatic heterocycles. The van der Waals surface area contributed by atoms with E-state index in [0.717, 1.165) is 0 Å². The van der Waals surface area contributed by atoms with Crippen LogP contribution in [0.15, 0.2) is 0 Å². The van der Waals surface area contributed by atoms with Crippen LogP contribution in [-0.4, -0.2) is 28.5 Å². The standard InChI is InChI=1S/C10H20N2.CH2O3/c1-9(2)6-4-5-10(9,3)8(12)7(6)11;2-1(3)4/h6-8H,4-5,11-12H2,1-3H3;(H2,2,3,4). The quantitative estimate of drug-likeness (QED) is 0.501. The Bertz CT molecular complexity index is 289. The second-order valence-electron chi connectivity index (χ2n) is 5.67. The highest BCUT2D eigenvalue weighted by Gasteiger charge is 2.63. The number of carboxylic acid groups (broad SMARTS) is 2. The first-order valence-corrected chi connectivity index (χ1v) is 5.57. The van der Waals surface area contributed by atoms with Gasteiger partial charge in [0.2, 0.25) is 0 Å². The molecule has 0 aromatic carbocycles. The molecule has 2 saturated carbocycles. The molecule has 0 amide bonds. The van der Waals surface area contributed by atoms with E-state index in [2.05, 4.69) is 20.8 Å². The summed E-state index contributed by atoms with van der Waals surface area (Å²) in [6, 6.07) is 0.449. The van der Waals surface area contributed by atoms with Gasteiger partial charge in [-0.3, -0.25) is 0 Å². The van der Waals surface area contributed by atoms with Gasteiger partial charge >= 0.3 is 6.16 Å². The minimum atomic E-state index is -1.83. The molecule has 0 aliphatic heterocycles. The number of carbonyl (C=O) groups is 1. The molecule has 0 saturated heterocycles. The molecule has 6 N–H and O–H groups in total. The SMILES string of the molecule is CC1(C)C2CCC1(C)C(N)C2N.O=C(O)O. The topological polar surface area (TPSA) is 110 Å². The van der Waals surface area contributed by atoms with Gasteiger partial charge in [0.15, 0.2) is 0 Å². The van der Waals surface area contributed by atoms with E-state index in [1.165, 1.54) is 12.8 Å². The molecular weight excluding hydrogens is 208 g/mol. The Hall–Kier alpha value is -0.810. The van der Waals surface area contributed by atoms with Crippen LogP contribution in [0.5, 0.6) is 0 Å². The third-order valence-corrected chi connectivity index (χ3v) is 4.99. The Morgan fingerprint density at radius 2 is 1.69 bits per heavy atom. The van der Waals surface area contributed by atoms with Crippen LogP contribution in [0.2, 0.25) is 0 Å². The van der Waals surface area contributed by atoms with Gasteiger partial charge in [-0.05, 0) is 29.6 Å². The van der Waals surface area contributed by atoms with Crippen molar-refractivity contribution in [3.05, 3.63) is 0 Å². The predicted octanol–water partition coefficient (Wildman–Crippen LogP) is 1.32. The van der Waals surface area contributed by atoms with Crippen molar-refractivity contribution in [3.63, 3.8) is 0 Å². The van der Waals surface area contributed by atoms with E-state index in [0.29, 0.717) is 11.3 Å². The van der Waals surface area contributed by atoms with Crippen molar-refractivity contribution >= 4 is 6.16 Å². The van der Waals surface area contributed by atoms with Crippen LogP contribution in [0.25, 0.3) is 0 Å². The zero-order valence-electron chi connectivity index (χ0n) is 10.1. The van der Waals surface area contributed by atoms with E-state index < -0.39 is 6.16 Å². The first kappa shape index (κ1) is 13.3. The van der Waals surface area contributed by atoms with Crippen LogP contribution in [0.3, 0.4) is 0 Å². The molecule has 16 heavy (non-hydrogen) atoms. The highest BCUT2D eigenvalue weighted by Crippen LogP contribution is 2.64. The smallest absolute Gasteiger partial charge is 0.450 e. The van der Waals surface area contributed by atoms with Gasteiger partial charge in [0.05, 0.1) is 0 Å². The Kier molecular flexibility index (Phi) is 3.22. The molecule has 2 aliphatic carbocycles. The van der Waals surface area contributed by atoms with E-state index in [1.807, 2.05) is 0 Å². The fourth-order valence-electron chi connectivity index (χ4n) is 3.51. The van der Waals surface area contributed by atoms with Crippen LogP contribution in [0, 0.1) is 16.7 Å². The average molecular weight is 230 g/mol. The lowest BCUT2D eigenvalue weighted by Crippen LogP contribution is -2.50. The van der Waals surface area contributed by atoms with Gasteiger partial charge in [-0.15, -0.1) is 0 Å². The third kappa shape index (κ3) is 1.68. The highest BCUT2D eigenvalue weighted by atomic mass is 16.6. The van der Waals surface area contributed by atoms with Gasteiger partial charge in [0.1, 0.15) is 0 Å². The van der Waals surface area contributed by atoms with E-state index in [4.69, 9.17) is 26.5 Å². The molecule has 0 radical (unpaired) electrons. The second-order valence-corrected chi connectivity index (χ2v) is 5.67. The minimum Gasteiger partial charge on any atom is -0.450 e. The molecule has 94 valence electrons. The summed E-state index contributed by atoms with van der Waals surface area (Å²) in [7, 11) is 0. The number of hydrogen-bond acceptors (Lipinski definition) is 3. The molecule has 2 rings (SSSR count). The second kappa shape index (κ2) is 3.89. The van der Waals surface area contributed by atoms with Crippen molar-refractivity contribution in [2.24, 2.45) is 28.2 Å². The summed E-state index contributed by atoms with van der Waals surface area (Å²) in [5.74, 6) is 0.650. The van der Waals surface area contributed by atoms with Crippen LogP contribution < -0.4 is 11.5 Å². The maximum absolute atomic E-state index is 8.56. The molecule has 5 nitrogen and oxygen atoms in total. The van der Waals surface area contributed by atoms with Crippen molar-refractivity contribution in [2.75, 3.05) is 0 Å². The first-order chi connectivity index (χ1) is 7.14. The number of hydrogen-bond donors (Lipinski definition) is 4. The Labute approximate surface area is 95.8 Å². The molecule has 4 atom stereocenters. The van der Waals surface area contributed by atoms with Crippen LogP contribution in [0.1, 0.15) is 33.6 Å². The van der Waals surface area contributed by atoms with E-state index in [1.54, 1.807) is 0 Å². The van der Waals surface area contributed by atoms with Crippen molar-refractivity contribution in [1.82, 2.24) is 0 Å². The summed E-state index contributed by atoms with van der Waals surface area (Å²) in [6.45, 7) is 6.97. The van der Waals surface area contributed by atoms with Crippen LogP contribution in [0.4, 0.5) is 4.79 Å². The highest BCUT2D eigenvalue weighted by molar-refractivity contribution is 5.53. The molecular formula is C11H22N2O3. The molecule has 0 heterocycles. The monoisotopic (exact) mass is 230 g/mol. The average Bonchev–Trinajstić information content (AvgIpc) is 2.40. The van der Waals surface area contributed by atoms with Crippen molar-refractivity contribution in [2.45, 2.75) is 45.7 Å². The Morgan fingerprint density at radius 3 is 1.88 bits per heavy atom. The maximum Gasteiger partial charge on any atom is 0.503 e. The Morgan fingerprint density at radius 1 is 1.25 bits per heavy atom. The fraction of sp³-hybridized carbons (Fsp3) is 0.909. The summed E-state index contributed by atoms with van der Waals surface area (Å²) < 4.78 is 0. The zero-order valence-corrected chi connectivity index (χ0v) is 10.1. The zero-order chi connectivity index (χ0) is 12.7. The summed E-state index contributed by atoms with van der Waals surface area (Å²) in [6.07, 6.45) is 0.706. The first-order valence-electron chi connectivity index (χ1n) is 5.57.